The lowest BCUT2D eigenvalue weighted by Crippen LogP contribution is -2.46. The minimum Gasteiger partial charge on any atom is -0.290 e. The summed E-state index contributed by atoms with van der Waals surface area (Å²) in [5.74, 6) is 0. The molecular formula is C18H20BrN. The highest BCUT2D eigenvalue weighted by Gasteiger charge is 2.34. The number of hydrogen-bond donors (Lipinski definition) is 0. The molecule has 2 heteroatoms. The summed E-state index contributed by atoms with van der Waals surface area (Å²) in [7, 11) is 0. The van der Waals surface area contributed by atoms with Crippen molar-refractivity contribution in [3.05, 3.63) is 69.7 Å². The van der Waals surface area contributed by atoms with Gasteiger partial charge in [0.25, 0.3) is 0 Å². The molecule has 0 bridgehead atoms. The summed E-state index contributed by atoms with van der Waals surface area (Å²) in [6.07, 6.45) is 1.14. The molecule has 1 heterocycles. The lowest BCUT2D eigenvalue weighted by molar-refractivity contribution is 0.0982. The van der Waals surface area contributed by atoms with E-state index in [9.17, 15) is 0 Å². The molecule has 20 heavy (non-hydrogen) atoms. The summed E-state index contributed by atoms with van der Waals surface area (Å²) < 4.78 is 1.17. The van der Waals surface area contributed by atoms with Gasteiger partial charge in [-0.05, 0) is 49.1 Å². The minimum absolute atomic E-state index is 0.0766. The number of nitrogens with zero attached hydrogens (tertiary/aromatic N) is 1. The van der Waals surface area contributed by atoms with E-state index in [0.29, 0.717) is 0 Å². The Kier molecular flexibility index (Phi) is 3.70. The zero-order valence-corrected chi connectivity index (χ0v) is 13.7. The number of halogens is 1. The van der Waals surface area contributed by atoms with Crippen LogP contribution in [0.5, 0.6) is 0 Å². The lowest BCUT2D eigenvalue weighted by Gasteiger charge is -2.44. The van der Waals surface area contributed by atoms with Crippen LogP contribution in [-0.2, 0) is 18.5 Å². The zero-order valence-electron chi connectivity index (χ0n) is 12.1. The molecule has 0 fully saturated rings. The van der Waals surface area contributed by atoms with E-state index in [1.807, 2.05) is 0 Å². The number of rotatable bonds is 2. The molecule has 0 aliphatic carbocycles. The van der Waals surface area contributed by atoms with Gasteiger partial charge in [-0.15, -0.1) is 0 Å². The highest BCUT2D eigenvalue weighted by molar-refractivity contribution is 9.10. The predicted molar refractivity (Wildman–Crippen MR) is 87.7 cm³/mol. The van der Waals surface area contributed by atoms with E-state index < -0.39 is 0 Å². The van der Waals surface area contributed by atoms with Crippen LogP contribution in [0.25, 0.3) is 0 Å². The van der Waals surface area contributed by atoms with Gasteiger partial charge in [-0.2, -0.15) is 0 Å². The van der Waals surface area contributed by atoms with Crippen LogP contribution in [0.4, 0.5) is 0 Å². The summed E-state index contributed by atoms with van der Waals surface area (Å²) in [6.45, 7) is 6.80. The SMILES string of the molecule is CC1(C)c2cc(Br)ccc2CCN1Cc1ccccc1. The Labute approximate surface area is 129 Å². The quantitative estimate of drug-likeness (QED) is 0.769. The summed E-state index contributed by atoms with van der Waals surface area (Å²) in [4.78, 5) is 2.58. The fourth-order valence-electron chi connectivity index (χ4n) is 3.12. The van der Waals surface area contributed by atoms with Gasteiger partial charge in [0.1, 0.15) is 0 Å². The number of fused-ring (bicyclic) bond motifs is 1. The summed E-state index contributed by atoms with van der Waals surface area (Å²) in [6, 6.07) is 17.5. The third-order valence-electron chi connectivity index (χ3n) is 4.39. The fraction of sp³-hybridized carbons (Fsp3) is 0.333. The Balaban J connectivity index is 1.92. The summed E-state index contributed by atoms with van der Waals surface area (Å²) >= 11 is 3.61. The fourth-order valence-corrected chi connectivity index (χ4v) is 3.48. The second-order valence-corrected chi connectivity index (χ2v) is 6.93. The molecule has 0 atom stereocenters. The van der Waals surface area contributed by atoms with E-state index in [2.05, 4.69) is 83.2 Å². The highest BCUT2D eigenvalue weighted by Crippen LogP contribution is 2.37. The maximum atomic E-state index is 3.61. The third-order valence-corrected chi connectivity index (χ3v) is 4.88. The molecule has 0 aromatic heterocycles. The van der Waals surface area contributed by atoms with Gasteiger partial charge in [-0.1, -0.05) is 52.3 Å². The van der Waals surface area contributed by atoms with Crippen molar-refractivity contribution in [2.75, 3.05) is 6.54 Å². The van der Waals surface area contributed by atoms with Crippen LogP contribution in [0, 0.1) is 0 Å². The summed E-state index contributed by atoms with van der Waals surface area (Å²) in [5, 5.41) is 0. The standard InChI is InChI=1S/C18H20BrN/c1-18(2)17-12-16(19)9-8-15(17)10-11-20(18)13-14-6-4-3-5-7-14/h3-9,12H,10-11,13H2,1-2H3. The molecule has 104 valence electrons. The zero-order chi connectivity index (χ0) is 14.2. The van der Waals surface area contributed by atoms with Gasteiger partial charge in [0.15, 0.2) is 0 Å². The van der Waals surface area contributed by atoms with E-state index in [0.717, 1.165) is 19.5 Å². The Morgan fingerprint density at radius 2 is 1.85 bits per heavy atom. The molecule has 0 radical (unpaired) electrons. The largest absolute Gasteiger partial charge is 0.290 e. The van der Waals surface area contributed by atoms with E-state index in [4.69, 9.17) is 0 Å². The molecular weight excluding hydrogens is 310 g/mol. The molecule has 0 saturated carbocycles. The Hall–Kier alpha value is -1.12. The van der Waals surface area contributed by atoms with Crippen molar-refractivity contribution in [3.63, 3.8) is 0 Å². The molecule has 0 amide bonds. The highest BCUT2D eigenvalue weighted by atomic mass is 79.9. The van der Waals surface area contributed by atoms with Crippen LogP contribution in [0.1, 0.15) is 30.5 Å². The van der Waals surface area contributed by atoms with E-state index in [-0.39, 0.29) is 5.54 Å². The van der Waals surface area contributed by atoms with Crippen molar-refractivity contribution in [1.82, 2.24) is 4.90 Å². The van der Waals surface area contributed by atoms with Crippen LogP contribution in [0.15, 0.2) is 53.0 Å². The Bertz CT molecular complexity index is 604. The molecule has 0 unspecified atom stereocenters. The van der Waals surface area contributed by atoms with Crippen LogP contribution in [0.3, 0.4) is 0 Å². The maximum absolute atomic E-state index is 3.61. The first-order valence-electron chi connectivity index (χ1n) is 7.15. The van der Waals surface area contributed by atoms with Gasteiger partial charge < -0.3 is 0 Å². The van der Waals surface area contributed by atoms with E-state index in [1.54, 1.807) is 0 Å². The van der Waals surface area contributed by atoms with Gasteiger partial charge in [-0.25, -0.2) is 0 Å². The second kappa shape index (κ2) is 5.34. The topological polar surface area (TPSA) is 3.24 Å². The Morgan fingerprint density at radius 1 is 1.10 bits per heavy atom. The molecule has 1 nitrogen and oxygen atoms in total. The van der Waals surface area contributed by atoms with Crippen LogP contribution in [0.2, 0.25) is 0 Å². The van der Waals surface area contributed by atoms with Crippen molar-refractivity contribution in [3.8, 4) is 0 Å². The third kappa shape index (κ3) is 2.55. The van der Waals surface area contributed by atoms with Crippen molar-refractivity contribution >= 4 is 15.9 Å². The van der Waals surface area contributed by atoms with Crippen LogP contribution in [-0.4, -0.2) is 11.4 Å². The van der Waals surface area contributed by atoms with Crippen molar-refractivity contribution in [2.45, 2.75) is 32.4 Å². The first kappa shape index (κ1) is 13.8. The molecule has 3 rings (SSSR count). The first-order valence-corrected chi connectivity index (χ1v) is 7.94. The van der Waals surface area contributed by atoms with Gasteiger partial charge in [0.2, 0.25) is 0 Å². The Morgan fingerprint density at radius 3 is 2.60 bits per heavy atom. The monoisotopic (exact) mass is 329 g/mol. The number of benzene rings is 2. The van der Waals surface area contributed by atoms with E-state index >= 15 is 0 Å². The molecule has 1 aliphatic heterocycles. The van der Waals surface area contributed by atoms with Gasteiger partial charge in [-0.3, -0.25) is 4.90 Å². The summed E-state index contributed by atoms with van der Waals surface area (Å²) in [5.41, 5.74) is 4.41. The smallest absolute Gasteiger partial charge is 0.0411 e. The van der Waals surface area contributed by atoms with Gasteiger partial charge >= 0.3 is 0 Å². The average Bonchev–Trinajstić information content (AvgIpc) is 2.44. The van der Waals surface area contributed by atoms with Crippen LogP contribution < -0.4 is 0 Å². The molecule has 0 N–H and O–H groups in total. The molecule has 1 aliphatic rings. The van der Waals surface area contributed by atoms with Crippen molar-refractivity contribution in [2.24, 2.45) is 0 Å². The predicted octanol–water partition coefficient (Wildman–Crippen LogP) is 4.74. The van der Waals surface area contributed by atoms with Gasteiger partial charge in [0, 0.05) is 23.1 Å². The first-order chi connectivity index (χ1) is 9.57. The maximum Gasteiger partial charge on any atom is 0.0411 e. The van der Waals surface area contributed by atoms with Crippen molar-refractivity contribution < 1.29 is 0 Å². The minimum atomic E-state index is 0.0766. The van der Waals surface area contributed by atoms with Gasteiger partial charge in [0.05, 0.1) is 0 Å². The molecule has 0 spiro atoms. The molecule has 0 saturated heterocycles. The average molecular weight is 330 g/mol. The van der Waals surface area contributed by atoms with E-state index in [1.165, 1.54) is 21.2 Å². The van der Waals surface area contributed by atoms with Crippen LogP contribution >= 0.6 is 15.9 Å². The molecule has 2 aromatic carbocycles. The normalized spacial score (nSPS) is 17.8. The second-order valence-electron chi connectivity index (χ2n) is 6.02. The molecule has 2 aromatic rings. The van der Waals surface area contributed by atoms with Crippen molar-refractivity contribution in [1.29, 1.82) is 0 Å². The number of hydrogen-bond acceptors (Lipinski definition) is 1. The lowest BCUT2D eigenvalue weighted by atomic mass is 9.83.